The van der Waals surface area contributed by atoms with Gasteiger partial charge in [-0.2, -0.15) is 0 Å². The Morgan fingerprint density at radius 1 is 0.912 bits per heavy atom. The van der Waals surface area contributed by atoms with Crippen LogP contribution in [-0.4, -0.2) is 35.2 Å². The number of aromatic nitrogens is 3. The molecule has 0 spiro atoms. The highest BCUT2D eigenvalue weighted by Gasteiger charge is 2.19. The molecule has 2 aliphatic rings. The van der Waals surface area contributed by atoms with Gasteiger partial charge >= 0.3 is 6.03 Å². The van der Waals surface area contributed by atoms with E-state index in [0.717, 1.165) is 11.3 Å². The van der Waals surface area contributed by atoms with E-state index in [9.17, 15) is 9.59 Å². The zero-order chi connectivity index (χ0) is 23.7. The molecule has 0 fully saturated rings. The van der Waals surface area contributed by atoms with Crippen molar-refractivity contribution in [2.45, 2.75) is 0 Å². The number of benzene rings is 2. The van der Waals surface area contributed by atoms with E-state index in [1.165, 1.54) is 7.11 Å². The number of nitrogens with one attached hydrogen (secondary N) is 4. The number of aromatic amines is 2. The number of amides is 2. The number of fused-ring (bicyclic) bond motifs is 2. The van der Waals surface area contributed by atoms with Crippen molar-refractivity contribution in [3.8, 4) is 34.1 Å². The fraction of sp³-hybridized carbons (Fsp3) is 0.0800. The van der Waals surface area contributed by atoms with Crippen LogP contribution in [0, 0.1) is 0 Å². The first-order valence-electron chi connectivity index (χ1n) is 10.5. The summed E-state index contributed by atoms with van der Waals surface area (Å²) in [5.41, 5.74) is 4.14. The Morgan fingerprint density at radius 3 is 2.59 bits per heavy atom. The van der Waals surface area contributed by atoms with Crippen LogP contribution in [0.3, 0.4) is 0 Å². The van der Waals surface area contributed by atoms with Crippen LogP contribution in [0.4, 0.5) is 16.2 Å². The first kappa shape index (κ1) is 21.1. The van der Waals surface area contributed by atoms with E-state index in [-0.39, 0.29) is 5.56 Å². The number of carbonyl (C=O) groups is 1. The Labute approximate surface area is 194 Å². The van der Waals surface area contributed by atoms with Gasteiger partial charge in [-0.15, -0.1) is 0 Å². The Bertz CT molecular complexity index is 1540. The normalized spacial score (nSPS) is 10.9. The fourth-order valence-corrected chi connectivity index (χ4v) is 3.82. The van der Waals surface area contributed by atoms with Crippen molar-refractivity contribution in [2.24, 2.45) is 0 Å². The summed E-state index contributed by atoms with van der Waals surface area (Å²) in [5, 5.41) is 5.56. The van der Waals surface area contributed by atoms with Crippen LogP contribution in [0.5, 0.6) is 11.5 Å². The van der Waals surface area contributed by atoms with Crippen LogP contribution < -0.4 is 25.7 Å². The topological polar surface area (TPSA) is 121 Å². The van der Waals surface area contributed by atoms with E-state index in [1.54, 1.807) is 43.5 Å². The van der Waals surface area contributed by atoms with Crippen molar-refractivity contribution in [1.29, 1.82) is 0 Å². The van der Waals surface area contributed by atoms with Crippen LogP contribution >= 0.6 is 0 Å². The Morgan fingerprint density at radius 2 is 1.76 bits per heavy atom. The lowest BCUT2D eigenvalue weighted by Gasteiger charge is -2.12. The second kappa shape index (κ2) is 8.62. The molecule has 0 saturated carbocycles. The summed E-state index contributed by atoms with van der Waals surface area (Å²) in [6, 6.07) is 19.3. The molecule has 3 aromatic rings. The van der Waals surface area contributed by atoms with Crippen molar-refractivity contribution in [2.75, 3.05) is 24.9 Å². The maximum Gasteiger partial charge on any atom is 0.323 e. The van der Waals surface area contributed by atoms with Gasteiger partial charge in [0.15, 0.2) is 0 Å². The van der Waals surface area contributed by atoms with Gasteiger partial charge in [0.2, 0.25) is 0 Å². The number of hydrogen-bond acceptors (Lipinski definition) is 5. The number of H-pyrrole nitrogens is 2. The Kier molecular flexibility index (Phi) is 5.35. The van der Waals surface area contributed by atoms with Crippen LogP contribution in [0.15, 0.2) is 71.5 Å². The highest BCUT2D eigenvalue weighted by atomic mass is 16.5. The predicted molar refractivity (Wildman–Crippen MR) is 131 cm³/mol. The maximum atomic E-state index is 12.6. The Hall–Kier alpha value is -4.79. The van der Waals surface area contributed by atoms with Crippen LogP contribution in [0.2, 0.25) is 0 Å². The number of nitrogens with zero attached hydrogens (tertiary/aromatic N) is 1. The lowest BCUT2D eigenvalue weighted by atomic mass is 10.1. The van der Waals surface area contributed by atoms with E-state index < -0.39 is 6.03 Å². The number of urea groups is 1. The molecule has 9 nitrogen and oxygen atoms in total. The highest BCUT2D eigenvalue weighted by molar-refractivity contribution is 6.02. The third-order valence-electron chi connectivity index (χ3n) is 5.41. The number of anilines is 2. The summed E-state index contributed by atoms with van der Waals surface area (Å²) in [4.78, 5) is 35.9. The average molecular weight is 455 g/mol. The van der Waals surface area contributed by atoms with Gasteiger partial charge in [0, 0.05) is 23.0 Å². The van der Waals surface area contributed by atoms with Crippen molar-refractivity contribution in [3.05, 3.63) is 77.1 Å². The molecule has 1 aliphatic carbocycles. The summed E-state index contributed by atoms with van der Waals surface area (Å²) in [6.45, 7) is 0. The number of carbonyl (C=O) groups excluding carboxylic acids is 1. The number of methoxy groups -OCH3 is 2. The molecule has 5 rings (SSSR count). The lowest BCUT2D eigenvalue weighted by Crippen LogP contribution is -2.19. The molecule has 0 bridgehead atoms. The molecule has 0 atom stereocenters. The van der Waals surface area contributed by atoms with Crippen LogP contribution in [0.25, 0.3) is 33.7 Å². The van der Waals surface area contributed by atoms with Gasteiger partial charge in [-0.3, -0.25) is 4.79 Å². The summed E-state index contributed by atoms with van der Waals surface area (Å²) < 4.78 is 10.5. The fourth-order valence-electron chi connectivity index (χ4n) is 3.82. The zero-order valence-electron chi connectivity index (χ0n) is 18.4. The van der Waals surface area contributed by atoms with Gasteiger partial charge in [-0.1, -0.05) is 24.3 Å². The second-order valence-electron chi connectivity index (χ2n) is 7.53. The summed E-state index contributed by atoms with van der Waals surface area (Å²) in [6.07, 6.45) is 0. The third kappa shape index (κ3) is 3.90. The highest BCUT2D eigenvalue weighted by Crippen LogP contribution is 2.31. The summed E-state index contributed by atoms with van der Waals surface area (Å²) >= 11 is 0. The smallest absolute Gasteiger partial charge is 0.323 e. The molecule has 1 aromatic heterocycles. The minimum Gasteiger partial charge on any atom is -0.497 e. The maximum absolute atomic E-state index is 12.6. The number of hydrogen-bond donors (Lipinski definition) is 4. The Balaban J connectivity index is 1.41. The van der Waals surface area contributed by atoms with E-state index in [2.05, 4.69) is 25.6 Å². The van der Waals surface area contributed by atoms with Gasteiger partial charge in [0.05, 0.1) is 36.5 Å². The lowest BCUT2D eigenvalue weighted by molar-refractivity contribution is 0.262. The SMILES string of the molecule is COc1ccc(OC)c(NC(=O)Nc2ccc3nc(-c4c5cccccc-5[nH]c4=O)[nH]c3c2)c1. The number of rotatable bonds is 5. The molecule has 2 heterocycles. The van der Waals surface area contributed by atoms with Gasteiger partial charge < -0.3 is 30.1 Å². The molecule has 2 aromatic carbocycles. The van der Waals surface area contributed by atoms with E-state index in [0.29, 0.717) is 45.3 Å². The average Bonchev–Trinajstić information content (AvgIpc) is 3.29. The molecular weight excluding hydrogens is 434 g/mol. The minimum absolute atomic E-state index is 0.217. The number of ether oxygens (including phenoxy) is 2. The molecule has 1 aliphatic heterocycles. The molecule has 2 amide bonds. The van der Waals surface area contributed by atoms with Crippen LogP contribution in [0.1, 0.15) is 0 Å². The predicted octanol–water partition coefficient (Wildman–Crippen LogP) is 4.68. The van der Waals surface area contributed by atoms with Crippen molar-refractivity contribution >= 4 is 28.4 Å². The standard InChI is InChI=1S/C25H21N5O4/c1-33-15-9-11-21(34-2)20(13-15)30-25(32)26-14-8-10-18-19(12-14)28-23(27-18)22-16-6-4-3-5-7-17(16)29-24(22)31/h3-13H,1-2H3,(H,27,28)(H,29,31)(H2,26,30,32). The van der Waals surface area contributed by atoms with E-state index in [4.69, 9.17) is 9.47 Å². The molecule has 0 radical (unpaired) electrons. The van der Waals surface area contributed by atoms with Crippen molar-refractivity contribution < 1.29 is 14.3 Å². The first-order valence-corrected chi connectivity index (χ1v) is 10.5. The number of imidazole rings is 1. The monoisotopic (exact) mass is 455 g/mol. The summed E-state index contributed by atoms with van der Waals surface area (Å²) in [5.74, 6) is 1.55. The molecule has 9 heteroatoms. The van der Waals surface area contributed by atoms with Gasteiger partial charge in [0.25, 0.3) is 5.56 Å². The quantitative estimate of drug-likeness (QED) is 0.307. The third-order valence-corrected chi connectivity index (χ3v) is 5.41. The first-order chi connectivity index (χ1) is 16.6. The largest absolute Gasteiger partial charge is 0.497 e. The molecule has 4 N–H and O–H groups in total. The van der Waals surface area contributed by atoms with E-state index >= 15 is 0 Å². The zero-order valence-corrected chi connectivity index (χ0v) is 18.4. The molecule has 0 saturated heterocycles. The molecule has 0 unspecified atom stereocenters. The summed E-state index contributed by atoms with van der Waals surface area (Å²) in [7, 11) is 3.07. The van der Waals surface area contributed by atoms with Gasteiger partial charge in [-0.25, -0.2) is 9.78 Å². The van der Waals surface area contributed by atoms with Gasteiger partial charge in [0.1, 0.15) is 17.3 Å². The molecular formula is C25H21N5O4. The van der Waals surface area contributed by atoms with Crippen LogP contribution in [-0.2, 0) is 0 Å². The second-order valence-corrected chi connectivity index (χ2v) is 7.53. The molecule has 34 heavy (non-hydrogen) atoms. The van der Waals surface area contributed by atoms with Crippen molar-refractivity contribution in [1.82, 2.24) is 15.0 Å². The minimum atomic E-state index is -0.448. The van der Waals surface area contributed by atoms with Gasteiger partial charge in [-0.05, 0) is 36.4 Å². The van der Waals surface area contributed by atoms with Crippen molar-refractivity contribution in [3.63, 3.8) is 0 Å². The van der Waals surface area contributed by atoms with E-state index in [1.807, 2.05) is 30.3 Å². The molecule has 170 valence electrons.